The van der Waals surface area contributed by atoms with Crippen LogP contribution in [0.25, 0.3) is 0 Å². The minimum absolute atomic E-state index is 0.0211. The van der Waals surface area contributed by atoms with Gasteiger partial charge in [-0.3, -0.25) is 9.59 Å². The maximum Gasteiger partial charge on any atom is 0.416 e. The fourth-order valence-electron chi connectivity index (χ4n) is 4.91. The molecule has 1 saturated heterocycles. The fraction of sp³-hybridized carbons (Fsp3) is 0.455. The molecule has 2 fully saturated rings. The smallest absolute Gasteiger partial charge is 0.368 e. The van der Waals surface area contributed by atoms with E-state index in [0.29, 0.717) is 25.3 Å². The van der Waals surface area contributed by atoms with Crippen LogP contribution in [0.5, 0.6) is 0 Å². The Morgan fingerprint density at radius 3 is 2.38 bits per heavy atom. The standard InChI is InChI=1S/C22H22F4N2O4S2/c1-34(31,32)17-8-7-16(33-17)19(29)28-10-2-9-21(28,20(27)30)18(12-3-4-12)14-6-5-13(11-15(14)23)22(24,25)26/h5-8,11-12,18H,2-4,9-10H2,1H3,(H2,27,30)/t18-,21+/m1/s1. The van der Waals surface area contributed by atoms with Gasteiger partial charge in [-0.15, -0.1) is 11.3 Å². The average Bonchev–Trinajstić information content (AvgIpc) is 3.24. The molecule has 2 aromatic rings. The Morgan fingerprint density at radius 1 is 1.21 bits per heavy atom. The van der Waals surface area contributed by atoms with Gasteiger partial charge in [-0.2, -0.15) is 13.2 Å². The van der Waals surface area contributed by atoms with Crippen LogP contribution >= 0.6 is 11.3 Å². The maximum atomic E-state index is 15.1. The molecular weight excluding hydrogens is 496 g/mol. The van der Waals surface area contributed by atoms with E-state index in [2.05, 4.69) is 0 Å². The highest BCUT2D eigenvalue weighted by Gasteiger charge is 2.59. The highest BCUT2D eigenvalue weighted by molar-refractivity contribution is 7.92. The number of alkyl halides is 3. The molecule has 184 valence electrons. The number of thiophene rings is 1. The molecular formula is C22H22F4N2O4S2. The number of likely N-dealkylation sites (tertiary alicyclic amines) is 1. The number of carbonyl (C=O) groups excluding carboxylic acids is 2. The minimum atomic E-state index is -4.73. The van der Waals surface area contributed by atoms with Crippen molar-refractivity contribution in [2.75, 3.05) is 12.8 Å². The first-order valence-electron chi connectivity index (χ1n) is 10.5. The Balaban J connectivity index is 1.80. The van der Waals surface area contributed by atoms with Crippen LogP contribution in [-0.2, 0) is 20.8 Å². The van der Waals surface area contributed by atoms with E-state index < -0.39 is 50.7 Å². The van der Waals surface area contributed by atoms with Crippen molar-refractivity contribution in [1.29, 1.82) is 0 Å². The predicted molar refractivity (Wildman–Crippen MR) is 116 cm³/mol. The second kappa shape index (κ2) is 8.33. The fourth-order valence-corrected chi connectivity index (χ4v) is 6.79. The summed E-state index contributed by atoms with van der Waals surface area (Å²) in [5.74, 6) is -3.75. The van der Waals surface area contributed by atoms with Gasteiger partial charge in [0.25, 0.3) is 5.91 Å². The van der Waals surface area contributed by atoms with Crippen molar-refractivity contribution in [3.63, 3.8) is 0 Å². The molecule has 0 bridgehead atoms. The zero-order valence-electron chi connectivity index (χ0n) is 18.1. The molecule has 4 rings (SSSR count). The van der Waals surface area contributed by atoms with Gasteiger partial charge in [0.05, 0.1) is 10.4 Å². The van der Waals surface area contributed by atoms with Crippen LogP contribution in [0.3, 0.4) is 0 Å². The van der Waals surface area contributed by atoms with E-state index in [-0.39, 0.29) is 33.5 Å². The van der Waals surface area contributed by atoms with E-state index in [1.807, 2.05) is 0 Å². The first-order valence-corrected chi connectivity index (χ1v) is 13.3. The summed E-state index contributed by atoms with van der Waals surface area (Å²) >= 11 is 0.756. The van der Waals surface area contributed by atoms with Crippen LogP contribution in [-0.4, -0.2) is 43.5 Å². The molecule has 0 unspecified atom stereocenters. The molecule has 1 aliphatic heterocycles. The second-order valence-electron chi connectivity index (χ2n) is 8.79. The summed E-state index contributed by atoms with van der Waals surface area (Å²) < 4.78 is 78.0. The summed E-state index contributed by atoms with van der Waals surface area (Å²) in [6.07, 6.45) is -2.00. The SMILES string of the molecule is CS(=O)(=O)c1ccc(C(=O)N2CCC[C@@]2(C(N)=O)[C@@H](c2ccc(C(F)(F)F)cc2F)C2CC2)s1. The summed E-state index contributed by atoms with van der Waals surface area (Å²) in [4.78, 5) is 27.7. The Bertz CT molecular complexity index is 1250. The van der Waals surface area contributed by atoms with E-state index in [4.69, 9.17) is 5.73 Å². The Kier molecular flexibility index (Phi) is 6.04. The first kappa shape index (κ1) is 24.6. The van der Waals surface area contributed by atoms with Crippen LogP contribution in [0, 0.1) is 11.7 Å². The van der Waals surface area contributed by atoms with Crippen LogP contribution in [0.4, 0.5) is 17.6 Å². The van der Waals surface area contributed by atoms with Gasteiger partial charge >= 0.3 is 6.18 Å². The Labute approximate surface area is 197 Å². The maximum absolute atomic E-state index is 15.1. The largest absolute Gasteiger partial charge is 0.416 e. The Morgan fingerprint density at radius 2 is 1.88 bits per heavy atom. The van der Waals surface area contributed by atoms with Crippen LogP contribution in [0.15, 0.2) is 34.5 Å². The Hall–Kier alpha value is -2.47. The normalized spacial score (nSPS) is 22.1. The number of benzene rings is 1. The third-order valence-electron chi connectivity index (χ3n) is 6.52. The van der Waals surface area contributed by atoms with E-state index in [9.17, 15) is 31.2 Å². The number of hydrogen-bond acceptors (Lipinski definition) is 5. The average molecular weight is 519 g/mol. The van der Waals surface area contributed by atoms with Crippen molar-refractivity contribution in [1.82, 2.24) is 4.90 Å². The number of halogens is 4. The molecule has 6 nitrogen and oxygen atoms in total. The molecule has 2 amide bonds. The molecule has 2 N–H and O–H groups in total. The van der Waals surface area contributed by atoms with Gasteiger partial charge in [-0.1, -0.05) is 6.07 Å². The van der Waals surface area contributed by atoms with Crippen molar-refractivity contribution < 1.29 is 35.6 Å². The number of rotatable bonds is 6. The van der Waals surface area contributed by atoms with Gasteiger partial charge in [0.2, 0.25) is 5.91 Å². The molecule has 2 heterocycles. The van der Waals surface area contributed by atoms with Crippen LogP contribution in [0.2, 0.25) is 0 Å². The predicted octanol–water partition coefficient (Wildman–Crippen LogP) is 3.96. The van der Waals surface area contributed by atoms with Crippen LogP contribution in [0.1, 0.15) is 52.4 Å². The highest BCUT2D eigenvalue weighted by Crippen LogP contribution is 2.54. The molecule has 1 aromatic carbocycles. The molecule has 12 heteroatoms. The summed E-state index contributed by atoms with van der Waals surface area (Å²) in [5, 5.41) is 0. The second-order valence-corrected chi connectivity index (χ2v) is 12.1. The topological polar surface area (TPSA) is 97.5 Å². The zero-order valence-corrected chi connectivity index (χ0v) is 19.7. The van der Waals surface area contributed by atoms with E-state index in [1.165, 1.54) is 17.0 Å². The van der Waals surface area contributed by atoms with Crippen LogP contribution < -0.4 is 5.73 Å². The van der Waals surface area contributed by atoms with E-state index in [1.54, 1.807) is 0 Å². The van der Waals surface area contributed by atoms with E-state index >= 15 is 4.39 Å². The third kappa shape index (κ3) is 4.21. The van der Waals surface area contributed by atoms with Gasteiger partial charge in [-0.25, -0.2) is 12.8 Å². The molecule has 34 heavy (non-hydrogen) atoms. The van der Waals surface area contributed by atoms with Gasteiger partial charge in [0, 0.05) is 18.7 Å². The molecule has 2 aliphatic rings. The molecule has 1 aromatic heterocycles. The van der Waals surface area contributed by atoms with Crippen molar-refractivity contribution >= 4 is 33.0 Å². The number of nitrogens with zero attached hydrogens (tertiary/aromatic N) is 1. The molecule has 2 atom stereocenters. The lowest BCUT2D eigenvalue weighted by Crippen LogP contribution is -2.60. The third-order valence-corrected chi connectivity index (χ3v) is 9.41. The van der Waals surface area contributed by atoms with Gasteiger partial charge < -0.3 is 10.6 Å². The van der Waals surface area contributed by atoms with E-state index in [0.717, 1.165) is 29.7 Å². The monoisotopic (exact) mass is 518 g/mol. The summed E-state index contributed by atoms with van der Waals surface area (Å²) in [5.41, 5.74) is 2.96. The lowest BCUT2D eigenvalue weighted by atomic mass is 9.73. The summed E-state index contributed by atoms with van der Waals surface area (Å²) in [6.45, 7) is 0.124. The van der Waals surface area contributed by atoms with Crippen molar-refractivity contribution in [2.24, 2.45) is 11.7 Å². The number of hydrogen-bond donors (Lipinski definition) is 1. The van der Waals surface area contributed by atoms with Gasteiger partial charge in [-0.05, 0) is 61.4 Å². The lowest BCUT2D eigenvalue weighted by molar-refractivity contribution is -0.138. The number of sulfone groups is 1. The first-order chi connectivity index (χ1) is 15.8. The van der Waals surface area contributed by atoms with Crippen molar-refractivity contribution in [3.05, 3.63) is 52.2 Å². The molecule has 1 aliphatic carbocycles. The van der Waals surface area contributed by atoms with Gasteiger partial charge in [0.1, 0.15) is 15.6 Å². The van der Waals surface area contributed by atoms with Gasteiger partial charge in [0.15, 0.2) is 9.84 Å². The molecule has 0 spiro atoms. The highest BCUT2D eigenvalue weighted by atomic mass is 32.2. The number of nitrogens with two attached hydrogens (primary N) is 1. The number of amides is 2. The molecule has 1 saturated carbocycles. The lowest BCUT2D eigenvalue weighted by Gasteiger charge is -2.42. The number of primary amides is 1. The molecule has 0 radical (unpaired) electrons. The minimum Gasteiger partial charge on any atom is -0.368 e. The summed E-state index contributed by atoms with van der Waals surface area (Å²) in [7, 11) is -3.55. The quantitative estimate of drug-likeness (QED) is 0.586. The van der Waals surface area contributed by atoms with Crippen molar-refractivity contribution in [2.45, 2.75) is 47.5 Å². The summed E-state index contributed by atoms with van der Waals surface area (Å²) in [6, 6.07) is 4.83. The van der Waals surface area contributed by atoms with Crippen molar-refractivity contribution in [3.8, 4) is 0 Å². The number of carbonyl (C=O) groups is 2. The zero-order chi connectivity index (χ0) is 25.1.